The van der Waals surface area contributed by atoms with Crippen LogP contribution in [-0.2, 0) is 0 Å². The van der Waals surface area contributed by atoms with Crippen LogP contribution in [0.2, 0.25) is 5.02 Å². The summed E-state index contributed by atoms with van der Waals surface area (Å²) in [6.07, 6.45) is 4.16. The van der Waals surface area contributed by atoms with Crippen molar-refractivity contribution in [1.82, 2.24) is 19.4 Å². The molecule has 1 aliphatic carbocycles. The monoisotopic (exact) mass is 350 g/mol. The molecule has 5 rings (SSSR count). The molecule has 1 aliphatic rings. The minimum atomic E-state index is 0.151. The Bertz CT molecular complexity index is 1150. The fraction of sp³-hybridized carbons (Fsp3) is 0.211. The van der Waals surface area contributed by atoms with Gasteiger partial charge in [-0.05, 0) is 50.1 Å². The van der Waals surface area contributed by atoms with Crippen molar-refractivity contribution in [1.29, 1.82) is 0 Å². The first-order valence-electron chi connectivity index (χ1n) is 8.25. The molecule has 0 bridgehead atoms. The highest BCUT2D eigenvalue weighted by Crippen LogP contribution is 2.40. The SMILES string of the molecule is Cc1nc2ccc(C3CC3)nc2n2c(-c3cc(O)ccc3Cl)ncc12. The van der Waals surface area contributed by atoms with E-state index in [0.717, 1.165) is 28.1 Å². The zero-order valence-corrected chi connectivity index (χ0v) is 14.3. The van der Waals surface area contributed by atoms with Gasteiger partial charge in [0.05, 0.1) is 22.4 Å². The number of hydrogen-bond donors (Lipinski definition) is 1. The predicted molar refractivity (Wildman–Crippen MR) is 97.1 cm³/mol. The summed E-state index contributed by atoms with van der Waals surface area (Å²) in [4.78, 5) is 14.1. The van der Waals surface area contributed by atoms with E-state index in [1.54, 1.807) is 24.4 Å². The van der Waals surface area contributed by atoms with Crippen LogP contribution in [-0.4, -0.2) is 24.5 Å². The lowest BCUT2D eigenvalue weighted by Gasteiger charge is -2.10. The molecular formula is C19H15ClN4O. The number of fused-ring (bicyclic) bond motifs is 3. The van der Waals surface area contributed by atoms with Crippen LogP contribution in [0.5, 0.6) is 5.75 Å². The van der Waals surface area contributed by atoms with E-state index in [9.17, 15) is 5.11 Å². The molecule has 0 spiro atoms. The number of rotatable bonds is 2. The van der Waals surface area contributed by atoms with Gasteiger partial charge < -0.3 is 5.11 Å². The number of benzene rings is 1. The lowest BCUT2D eigenvalue weighted by atomic mass is 10.2. The summed E-state index contributed by atoms with van der Waals surface area (Å²) in [5, 5.41) is 10.4. The first kappa shape index (κ1) is 14.7. The van der Waals surface area contributed by atoms with Crippen LogP contribution in [0.3, 0.4) is 0 Å². The van der Waals surface area contributed by atoms with E-state index < -0.39 is 0 Å². The Morgan fingerprint density at radius 3 is 2.80 bits per heavy atom. The first-order valence-corrected chi connectivity index (χ1v) is 8.63. The Morgan fingerprint density at radius 2 is 2.00 bits per heavy atom. The van der Waals surface area contributed by atoms with E-state index in [-0.39, 0.29) is 5.75 Å². The van der Waals surface area contributed by atoms with Crippen molar-refractivity contribution in [3.05, 3.63) is 52.9 Å². The summed E-state index contributed by atoms with van der Waals surface area (Å²) in [5.41, 5.74) is 5.14. The van der Waals surface area contributed by atoms with Crippen molar-refractivity contribution in [2.24, 2.45) is 0 Å². The van der Waals surface area contributed by atoms with Gasteiger partial charge in [-0.3, -0.25) is 4.40 Å². The zero-order valence-electron chi connectivity index (χ0n) is 13.6. The molecule has 0 saturated heterocycles. The Kier molecular flexibility index (Phi) is 3.03. The van der Waals surface area contributed by atoms with Crippen molar-refractivity contribution in [3.63, 3.8) is 0 Å². The summed E-state index contributed by atoms with van der Waals surface area (Å²) in [7, 11) is 0. The third-order valence-corrected chi connectivity index (χ3v) is 5.02. The molecule has 4 aromatic rings. The van der Waals surface area contributed by atoms with Crippen molar-refractivity contribution < 1.29 is 5.11 Å². The first-order chi connectivity index (χ1) is 12.1. The second-order valence-electron chi connectivity index (χ2n) is 6.52. The zero-order chi connectivity index (χ0) is 17.1. The van der Waals surface area contributed by atoms with Gasteiger partial charge in [0.1, 0.15) is 17.1 Å². The van der Waals surface area contributed by atoms with E-state index in [1.165, 1.54) is 12.8 Å². The topological polar surface area (TPSA) is 63.3 Å². The molecule has 0 radical (unpaired) electrons. The minimum absolute atomic E-state index is 0.151. The maximum Gasteiger partial charge on any atom is 0.165 e. The second kappa shape index (κ2) is 5.17. The van der Waals surface area contributed by atoms with Crippen molar-refractivity contribution in [2.45, 2.75) is 25.7 Å². The lowest BCUT2D eigenvalue weighted by molar-refractivity contribution is 0.475. The average Bonchev–Trinajstić information content (AvgIpc) is 3.35. The van der Waals surface area contributed by atoms with Gasteiger partial charge >= 0.3 is 0 Å². The molecule has 1 N–H and O–H groups in total. The predicted octanol–water partition coefficient (Wildman–Crippen LogP) is 4.49. The standard InChI is InChI=1S/C19H15ClN4O/c1-10-17-9-21-18(13-8-12(25)4-5-14(13)20)24(17)19-16(22-10)7-6-15(23-19)11-2-3-11/h4-9,11,25H,2-3H2,1H3. The van der Waals surface area contributed by atoms with Gasteiger partial charge in [-0.1, -0.05) is 11.6 Å². The van der Waals surface area contributed by atoms with Gasteiger partial charge in [0.15, 0.2) is 5.65 Å². The van der Waals surface area contributed by atoms with Gasteiger partial charge in [-0.2, -0.15) is 0 Å². The summed E-state index contributed by atoms with van der Waals surface area (Å²) in [5.74, 6) is 1.36. The molecule has 6 heteroatoms. The molecule has 25 heavy (non-hydrogen) atoms. The fourth-order valence-electron chi connectivity index (χ4n) is 3.25. The fourth-order valence-corrected chi connectivity index (χ4v) is 3.45. The number of halogens is 1. The Hall–Kier alpha value is -2.66. The van der Waals surface area contributed by atoms with Gasteiger partial charge in [0.25, 0.3) is 0 Å². The highest BCUT2D eigenvalue weighted by atomic mass is 35.5. The number of aromatic hydroxyl groups is 1. The number of nitrogens with zero attached hydrogens (tertiary/aromatic N) is 4. The van der Waals surface area contributed by atoms with Crippen LogP contribution in [0.1, 0.15) is 30.1 Å². The third-order valence-electron chi connectivity index (χ3n) is 4.70. The minimum Gasteiger partial charge on any atom is -0.508 e. The summed E-state index contributed by atoms with van der Waals surface area (Å²) >= 11 is 6.37. The van der Waals surface area contributed by atoms with Crippen LogP contribution in [0.25, 0.3) is 28.1 Å². The Morgan fingerprint density at radius 1 is 1.16 bits per heavy atom. The molecule has 124 valence electrons. The van der Waals surface area contributed by atoms with Crippen LogP contribution in [0, 0.1) is 6.92 Å². The van der Waals surface area contributed by atoms with E-state index in [0.29, 0.717) is 22.3 Å². The number of phenols is 1. The molecule has 0 atom stereocenters. The molecule has 3 aromatic heterocycles. The number of phenolic OH excluding ortho intramolecular Hbond substituents is 1. The highest BCUT2D eigenvalue weighted by Gasteiger charge is 2.26. The number of pyridine rings is 1. The Labute approximate surface area is 148 Å². The van der Waals surface area contributed by atoms with Crippen LogP contribution < -0.4 is 0 Å². The highest BCUT2D eigenvalue weighted by molar-refractivity contribution is 6.33. The van der Waals surface area contributed by atoms with E-state index >= 15 is 0 Å². The molecule has 1 aromatic carbocycles. The maximum atomic E-state index is 9.88. The smallest absolute Gasteiger partial charge is 0.165 e. The van der Waals surface area contributed by atoms with E-state index in [4.69, 9.17) is 16.6 Å². The van der Waals surface area contributed by atoms with E-state index in [1.807, 2.05) is 17.4 Å². The van der Waals surface area contributed by atoms with Crippen LogP contribution in [0.15, 0.2) is 36.5 Å². The Balaban J connectivity index is 1.89. The van der Waals surface area contributed by atoms with Crippen molar-refractivity contribution in [3.8, 4) is 17.1 Å². The summed E-state index contributed by atoms with van der Waals surface area (Å²) in [6, 6.07) is 8.96. The van der Waals surface area contributed by atoms with Gasteiger partial charge in [0.2, 0.25) is 0 Å². The molecule has 0 aliphatic heterocycles. The number of imidazole rings is 1. The van der Waals surface area contributed by atoms with Crippen molar-refractivity contribution in [2.75, 3.05) is 0 Å². The molecule has 1 fully saturated rings. The van der Waals surface area contributed by atoms with Crippen LogP contribution in [0.4, 0.5) is 0 Å². The maximum absolute atomic E-state index is 9.88. The second-order valence-corrected chi connectivity index (χ2v) is 6.92. The van der Waals surface area contributed by atoms with Crippen LogP contribution >= 0.6 is 11.6 Å². The normalized spacial score (nSPS) is 14.5. The summed E-state index contributed by atoms with van der Waals surface area (Å²) in [6.45, 7) is 1.96. The number of hydrogen-bond acceptors (Lipinski definition) is 4. The third kappa shape index (κ3) is 2.27. The molecule has 0 amide bonds. The average molecular weight is 351 g/mol. The van der Waals surface area contributed by atoms with Crippen molar-refractivity contribution >= 4 is 28.3 Å². The summed E-state index contributed by atoms with van der Waals surface area (Å²) < 4.78 is 1.99. The van der Waals surface area contributed by atoms with Gasteiger partial charge in [0, 0.05) is 17.2 Å². The molecule has 0 unspecified atom stereocenters. The largest absolute Gasteiger partial charge is 0.508 e. The quantitative estimate of drug-likeness (QED) is 0.578. The lowest BCUT2D eigenvalue weighted by Crippen LogP contribution is -2.01. The molecular weight excluding hydrogens is 336 g/mol. The molecule has 5 nitrogen and oxygen atoms in total. The number of aryl methyl sites for hydroxylation is 1. The van der Waals surface area contributed by atoms with Gasteiger partial charge in [-0.15, -0.1) is 0 Å². The molecule has 3 heterocycles. The van der Waals surface area contributed by atoms with E-state index in [2.05, 4.69) is 16.0 Å². The van der Waals surface area contributed by atoms with Gasteiger partial charge in [-0.25, -0.2) is 15.0 Å². The number of aromatic nitrogens is 4. The molecule has 1 saturated carbocycles.